The molecule has 11 heteroatoms. The number of rotatable bonds is 5. The van der Waals surface area contributed by atoms with Crippen molar-refractivity contribution >= 4 is 29.1 Å². The predicted octanol–water partition coefficient (Wildman–Crippen LogP) is 0.549. The number of thiazole rings is 1. The normalized spacial score (nSPS) is 20.7. The summed E-state index contributed by atoms with van der Waals surface area (Å²) < 4.78 is 26.0. The van der Waals surface area contributed by atoms with Crippen LogP contribution in [0, 0.1) is 12.3 Å². The van der Waals surface area contributed by atoms with E-state index in [0.717, 1.165) is 0 Å². The van der Waals surface area contributed by atoms with Gasteiger partial charge in [-0.1, -0.05) is 0 Å². The van der Waals surface area contributed by atoms with Crippen LogP contribution in [0.15, 0.2) is 5.38 Å². The second kappa shape index (κ2) is 8.38. The van der Waals surface area contributed by atoms with E-state index in [9.17, 15) is 23.5 Å². The number of carbonyl (C=O) groups excluding carboxylic acids is 2. The van der Waals surface area contributed by atoms with Crippen LogP contribution in [0.5, 0.6) is 0 Å². The first-order valence-corrected chi connectivity index (χ1v) is 9.70. The van der Waals surface area contributed by atoms with Gasteiger partial charge in [0.2, 0.25) is 5.91 Å². The average Bonchev–Trinajstić information content (AvgIpc) is 3.11. The van der Waals surface area contributed by atoms with Crippen molar-refractivity contribution in [3.8, 4) is 12.3 Å². The van der Waals surface area contributed by atoms with Gasteiger partial charge in [-0.05, 0) is 18.8 Å². The van der Waals surface area contributed by atoms with E-state index in [2.05, 4.69) is 21.5 Å². The summed E-state index contributed by atoms with van der Waals surface area (Å²) in [5, 5.41) is 16.4. The first kappa shape index (κ1) is 20.4. The van der Waals surface area contributed by atoms with E-state index in [0.29, 0.717) is 30.9 Å². The molecule has 2 aliphatic heterocycles. The molecule has 1 atom stereocenters. The summed E-state index contributed by atoms with van der Waals surface area (Å²) in [4.78, 5) is 31.9. The van der Waals surface area contributed by atoms with Gasteiger partial charge in [0.15, 0.2) is 5.01 Å². The molecule has 0 bridgehead atoms. The molecule has 152 valence electrons. The molecule has 0 saturated carbocycles. The van der Waals surface area contributed by atoms with Crippen molar-refractivity contribution in [2.45, 2.75) is 30.8 Å². The lowest BCUT2D eigenvalue weighted by Crippen LogP contribution is -2.62. The van der Waals surface area contributed by atoms with Crippen molar-refractivity contribution in [1.82, 2.24) is 20.1 Å². The summed E-state index contributed by atoms with van der Waals surface area (Å²) in [5.74, 6) is -0.412. The van der Waals surface area contributed by atoms with Crippen molar-refractivity contribution in [3.05, 3.63) is 10.4 Å². The molecular weight excluding hydrogens is 392 g/mol. The van der Waals surface area contributed by atoms with E-state index in [1.807, 2.05) is 0 Å². The molecule has 0 unspecified atom stereocenters. The second-order valence-electron chi connectivity index (χ2n) is 6.83. The van der Waals surface area contributed by atoms with Gasteiger partial charge >= 0.3 is 6.03 Å². The molecular formula is C17H21F2N5O3S. The van der Waals surface area contributed by atoms with Crippen LogP contribution in [0.25, 0.3) is 0 Å². The van der Waals surface area contributed by atoms with Gasteiger partial charge in [0.25, 0.3) is 5.92 Å². The van der Waals surface area contributed by atoms with Gasteiger partial charge in [-0.15, -0.1) is 17.8 Å². The third kappa shape index (κ3) is 4.76. The summed E-state index contributed by atoms with van der Waals surface area (Å²) in [7, 11) is 0. The van der Waals surface area contributed by atoms with E-state index in [-0.39, 0.29) is 24.9 Å². The predicted molar refractivity (Wildman–Crippen MR) is 99.2 cm³/mol. The minimum atomic E-state index is -2.61. The second-order valence-corrected chi connectivity index (χ2v) is 7.69. The number of urea groups is 1. The SMILES string of the molecule is C#Cc1nc(NC(=O)N[C@H](CO)C(=O)N2CCC(N3CC(F)(F)C3)CC2)cs1. The van der Waals surface area contributed by atoms with Crippen LogP contribution < -0.4 is 10.6 Å². The molecule has 3 heterocycles. The minimum Gasteiger partial charge on any atom is -0.394 e. The largest absolute Gasteiger partial charge is 0.394 e. The third-order valence-electron chi connectivity index (χ3n) is 4.82. The number of hydrogen-bond acceptors (Lipinski definition) is 6. The molecule has 1 aromatic heterocycles. The molecule has 3 N–H and O–H groups in total. The number of piperidine rings is 1. The number of aliphatic hydroxyl groups is 1. The molecule has 3 rings (SSSR count). The van der Waals surface area contributed by atoms with Crippen LogP contribution in [-0.4, -0.2) is 82.6 Å². The molecule has 3 amide bonds. The number of carbonyl (C=O) groups is 2. The molecule has 1 aromatic rings. The fourth-order valence-corrected chi connectivity index (χ4v) is 3.93. The average molecular weight is 413 g/mol. The quantitative estimate of drug-likeness (QED) is 0.613. The standard InChI is InChI=1S/C17H21F2N5O3S/c1-2-14-21-13(8-28-14)22-16(27)20-12(7-25)15(26)23-5-3-11(4-6-23)24-9-17(18,19)10-24/h1,8,11-12,25H,3-7,9-10H2,(H2,20,22,27)/t12-/m1/s1. The molecule has 2 saturated heterocycles. The molecule has 8 nitrogen and oxygen atoms in total. The zero-order valence-corrected chi connectivity index (χ0v) is 15.8. The molecule has 2 aliphatic rings. The van der Waals surface area contributed by atoms with Gasteiger partial charge in [-0.2, -0.15) is 0 Å². The smallest absolute Gasteiger partial charge is 0.321 e. The van der Waals surface area contributed by atoms with E-state index >= 15 is 0 Å². The van der Waals surface area contributed by atoms with Crippen LogP contribution in [0.3, 0.4) is 0 Å². The van der Waals surface area contributed by atoms with E-state index in [1.165, 1.54) is 16.2 Å². The van der Waals surface area contributed by atoms with Crippen LogP contribution in [0.4, 0.5) is 19.4 Å². The Hall–Kier alpha value is -2.29. The van der Waals surface area contributed by atoms with Gasteiger partial charge in [0.1, 0.15) is 11.9 Å². The maximum Gasteiger partial charge on any atom is 0.321 e. The lowest BCUT2D eigenvalue weighted by Gasteiger charge is -2.46. The van der Waals surface area contributed by atoms with Gasteiger partial charge < -0.3 is 15.3 Å². The minimum absolute atomic E-state index is 0.0301. The number of terminal acetylenes is 1. The number of amides is 3. The molecule has 2 fully saturated rings. The number of likely N-dealkylation sites (tertiary alicyclic amines) is 2. The summed E-state index contributed by atoms with van der Waals surface area (Å²) in [6.07, 6.45) is 6.39. The maximum absolute atomic E-state index is 13.0. The number of alkyl halides is 2. The summed E-state index contributed by atoms with van der Waals surface area (Å²) in [6.45, 7) is -0.238. The van der Waals surface area contributed by atoms with Crippen molar-refractivity contribution in [2.75, 3.05) is 38.1 Å². The first-order valence-electron chi connectivity index (χ1n) is 8.82. The lowest BCUT2D eigenvalue weighted by molar-refractivity contribution is -0.155. The highest BCUT2D eigenvalue weighted by molar-refractivity contribution is 7.10. The number of nitrogens with one attached hydrogen (secondary N) is 2. The number of aromatic nitrogens is 1. The highest BCUT2D eigenvalue weighted by atomic mass is 32.1. The lowest BCUT2D eigenvalue weighted by atomic mass is 9.97. The van der Waals surface area contributed by atoms with Crippen LogP contribution in [-0.2, 0) is 4.79 Å². The van der Waals surface area contributed by atoms with Gasteiger partial charge in [0.05, 0.1) is 19.7 Å². The fraction of sp³-hybridized carbons (Fsp3) is 0.588. The molecule has 0 spiro atoms. The molecule has 28 heavy (non-hydrogen) atoms. The number of hydrogen-bond donors (Lipinski definition) is 3. The highest BCUT2D eigenvalue weighted by Gasteiger charge is 2.47. The summed E-state index contributed by atoms with van der Waals surface area (Å²) in [5.41, 5.74) is 0. The Morgan fingerprint density at radius 1 is 1.43 bits per heavy atom. The third-order valence-corrected chi connectivity index (χ3v) is 5.59. The number of halogens is 2. The van der Waals surface area contributed by atoms with Gasteiger partial charge in [-0.25, -0.2) is 18.6 Å². The maximum atomic E-state index is 13.0. The monoisotopic (exact) mass is 413 g/mol. The van der Waals surface area contributed by atoms with Crippen molar-refractivity contribution < 1.29 is 23.5 Å². The Labute approximate surface area is 164 Å². The van der Waals surface area contributed by atoms with Crippen LogP contribution >= 0.6 is 11.3 Å². The Morgan fingerprint density at radius 3 is 2.64 bits per heavy atom. The number of anilines is 1. The first-order chi connectivity index (χ1) is 13.3. The number of aliphatic hydroxyl groups excluding tert-OH is 1. The van der Waals surface area contributed by atoms with Crippen molar-refractivity contribution in [1.29, 1.82) is 0 Å². The Kier molecular flexibility index (Phi) is 6.12. The zero-order valence-electron chi connectivity index (χ0n) is 15.0. The van der Waals surface area contributed by atoms with Crippen LogP contribution in [0.2, 0.25) is 0 Å². The van der Waals surface area contributed by atoms with Crippen molar-refractivity contribution in [2.24, 2.45) is 0 Å². The van der Waals surface area contributed by atoms with Crippen molar-refractivity contribution in [3.63, 3.8) is 0 Å². The Balaban J connectivity index is 1.47. The molecule has 0 radical (unpaired) electrons. The Morgan fingerprint density at radius 2 is 2.11 bits per heavy atom. The summed E-state index contributed by atoms with van der Waals surface area (Å²) in [6, 6.07) is -1.75. The Bertz CT molecular complexity index is 765. The molecule has 0 aliphatic carbocycles. The van der Waals surface area contributed by atoms with E-state index < -0.39 is 30.5 Å². The van der Waals surface area contributed by atoms with Gasteiger partial charge in [0, 0.05) is 24.5 Å². The summed E-state index contributed by atoms with van der Waals surface area (Å²) >= 11 is 1.19. The van der Waals surface area contributed by atoms with E-state index in [1.54, 1.807) is 10.3 Å². The van der Waals surface area contributed by atoms with E-state index in [4.69, 9.17) is 6.42 Å². The highest BCUT2D eigenvalue weighted by Crippen LogP contribution is 2.31. The number of nitrogens with zero attached hydrogens (tertiary/aromatic N) is 3. The van der Waals surface area contributed by atoms with Crippen LogP contribution in [0.1, 0.15) is 17.8 Å². The zero-order chi connectivity index (χ0) is 20.3. The molecule has 0 aromatic carbocycles. The fourth-order valence-electron chi connectivity index (χ4n) is 3.37. The van der Waals surface area contributed by atoms with Gasteiger partial charge in [-0.3, -0.25) is 15.0 Å². The topological polar surface area (TPSA) is 97.8 Å².